The molecule has 0 heterocycles. The Morgan fingerprint density at radius 1 is 1.50 bits per heavy atom. The van der Waals surface area contributed by atoms with Crippen LogP contribution in [-0.2, 0) is 16.1 Å². The summed E-state index contributed by atoms with van der Waals surface area (Å²) in [6.45, 7) is 1.54. The van der Waals surface area contributed by atoms with Crippen molar-refractivity contribution in [3.8, 4) is 0 Å². The highest BCUT2D eigenvalue weighted by Gasteiger charge is 2.23. The molecule has 0 bridgehead atoms. The van der Waals surface area contributed by atoms with Crippen molar-refractivity contribution < 1.29 is 24.4 Å². The molecule has 0 aliphatic rings. The monoisotopic (exact) mass is 282 g/mol. The van der Waals surface area contributed by atoms with E-state index in [4.69, 9.17) is 5.11 Å². The minimum Gasteiger partial charge on any atom is -0.477 e. The number of hydrogen-bond acceptors (Lipinski definition) is 6. The summed E-state index contributed by atoms with van der Waals surface area (Å²) in [5, 5.41) is 22.7. The molecule has 1 aromatic carbocycles. The van der Waals surface area contributed by atoms with Gasteiger partial charge >= 0.3 is 11.9 Å². The largest absolute Gasteiger partial charge is 0.477 e. The first-order chi connectivity index (χ1) is 9.38. The Kier molecular flexibility index (Phi) is 5.15. The molecule has 1 rings (SSSR count). The topological polar surface area (TPSA) is 119 Å². The van der Waals surface area contributed by atoms with Crippen LogP contribution < -0.4 is 5.32 Å². The highest BCUT2D eigenvalue weighted by Crippen LogP contribution is 2.22. The van der Waals surface area contributed by atoms with Gasteiger partial charge in [-0.05, 0) is 12.5 Å². The Morgan fingerprint density at radius 2 is 2.15 bits per heavy atom. The van der Waals surface area contributed by atoms with E-state index < -0.39 is 28.6 Å². The second kappa shape index (κ2) is 6.62. The summed E-state index contributed by atoms with van der Waals surface area (Å²) in [6, 6.07) is 3.31. The van der Waals surface area contributed by atoms with Gasteiger partial charge in [-0.15, -0.1) is 0 Å². The second-order valence-corrected chi connectivity index (χ2v) is 4.00. The van der Waals surface area contributed by atoms with Crippen molar-refractivity contribution in [2.75, 3.05) is 7.11 Å². The van der Waals surface area contributed by atoms with Crippen molar-refractivity contribution in [1.82, 2.24) is 5.32 Å². The molecular formula is C12H14N2O6. The average Bonchev–Trinajstić information content (AvgIpc) is 2.42. The van der Waals surface area contributed by atoms with E-state index in [0.717, 1.165) is 6.07 Å². The molecule has 1 atom stereocenters. The third-order valence-corrected chi connectivity index (χ3v) is 2.69. The van der Waals surface area contributed by atoms with E-state index in [1.54, 1.807) is 6.92 Å². The number of carbonyl (C=O) groups is 2. The van der Waals surface area contributed by atoms with E-state index in [2.05, 4.69) is 10.1 Å². The highest BCUT2D eigenvalue weighted by atomic mass is 16.6. The summed E-state index contributed by atoms with van der Waals surface area (Å²) >= 11 is 0. The maximum atomic E-state index is 11.2. The molecule has 0 spiro atoms. The van der Waals surface area contributed by atoms with Gasteiger partial charge in [0.05, 0.1) is 12.0 Å². The van der Waals surface area contributed by atoms with Crippen molar-refractivity contribution in [3.05, 3.63) is 39.4 Å². The van der Waals surface area contributed by atoms with Crippen LogP contribution in [0.15, 0.2) is 18.2 Å². The predicted octanol–water partition coefficient (Wildman–Crippen LogP) is 0.944. The number of nitro benzene ring substituents is 1. The Bertz CT molecular complexity index is 543. The van der Waals surface area contributed by atoms with Gasteiger partial charge in [0, 0.05) is 12.6 Å². The lowest BCUT2D eigenvalue weighted by atomic mass is 10.1. The van der Waals surface area contributed by atoms with Crippen LogP contribution in [0.3, 0.4) is 0 Å². The molecule has 0 fully saturated rings. The SMILES string of the molecule is COC(=O)C(C)NCc1cccc([N+](=O)[O-])c1C(=O)O. The minimum atomic E-state index is -1.39. The van der Waals surface area contributed by atoms with Crippen LogP contribution in [0.2, 0.25) is 0 Å². The Labute approximate surface area is 114 Å². The first-order valence-electron chi connectivity index (χ1n) is 5.69. The number of ether oxygens (including phenoxy) is 1. The minimum absolute atomic E-state index is 0.000417. The first kappa shape index (κ1) is 15.6. The molecule has 0 amide bonds. The number of carbonyl (C=O) groups excluding carboxylic acids is 1. The third kappa shape index (κ3) is 3.51. The number of benzene rings is 1. The van der Waals surface area contributed by atoms with Crippen LogP contribution in [0.4, 0.5) is 5.69 Å². The van der Waals surface area contributed by atoms with Crippen molar-refractivity contribution in [2.24, 2.45) is 0 Å². The summed E-state index contributed by atoms with van der Waals surface area (Å²) in [5.41, 5.74) is -0.646. The number of hydrogen-bond donors (Lipinski definition) is 2. The lowest BCUT2D eigenvalue weighted by molar-refractivity contribution is -0.385. The molecule has 0 saturated carbocycles. The van der Waals surface area contributed by atoms with Gasteiger partial charge in [0.15, 0.2) is 0 Å². The van der Waals surface area contributed by atoms with E-state index in [1.807, 2.05) is 0 Å². The molecule has 2 N–H and O–H groups in total. The lowest BCUT2D eigenvalue weighted by Crippen LogP contribution is -2.34. The van der Waals surface area contributed by atoms with E-state index >= 15 is 0 Å². The number of rotatable bonds is 6. The third-order valence-electron chi connectivity index (χ3n) is 2.69. The maximum Gasteiger partial charge on any atom is 0.343 e. The van der Waals surface area contributed by atoms with Gasteiger partial charge in [0.2, 0.25) is 0 Å². The second-order valence-electron chi connectivity index (χ2n) is 4.00. The standard InChI is InChI=1S/C12H14N2O6/c1-7(12(17)20-2)13-6-8-4-3-5-9(14(18)19)10(8)11(15)16/h3-5,7,13H,6H2,1-2H3,(H,15,16). The van der Waals surface area contributed by atoms with Crippen LogP contribution in [0.1, 0.15) is 22.8 Å². The number of nitrogens with zero attached hydrogens (tertiary/aromatic N) is 1. The number of nitro groups is 1. The van der Waals surface area contributed by atoms with Crippen molar-refractivity contribution in [2.45, 2.75) is 19.5 Å². The smallest absolute Gasteiger partial charge is 0.343 e. The van der Waals surface area contributed by atoms with Crippen molar-refractivity contribution >= 4 is 17.6 Å². The number of nitrogens with one attached hydrogen (secondary N) is 1. The Hall–Kier alpha value is -2.48. The van der Waals surface area contributed by atoms with E-state index in [0.29, 0.717) is 0 Å². The molecule has 0 aromatic heterocycles. The predicted molar refractivity (Wildman–Crippen MR) is 68.4 cm³/mol. The Balaban J connectivity index is 3.01. The highest BCUT2D eigenvalue weighted by molar-refractivity contribution is 5.94. The Morgan fingerprint density at radius 3 is 2.65 bits per heavy atom. The fraction of sp³-hybridized carbons (Fsp3) is 0.333. The van der Waals surface area contributed by atoms with Gasteiger partial charge in [-0.3, -0.25) is 14.9 Å². The molecule has 8 heteroatoms. The summed E-state index contributed by atoms with van der Waals surface area (Å²) < 4.78 is 4.51. The molecule has 0 aliphatic heterocycles. The molecule has 0 radical (unpaired) electrons. The van der Waals surface area contributed by atoms with Crippen LogP contribution >= 0.6 is 0 Å². The summed E-state index contributed by atoms with van der Waals surface area (Å²) in [4.78, 5) is 32.4. The first-order valence-corrected chi connectivity index (χ1v) is 5.69. The number of methoxy groups -OCH3 is 1. The zero-order chi connectivity index (χ0) is 15.3. The number of carboxylic acid groups (broad SMARTS) is 1. The molecule has 1 aromatic rings. The van der Waals surface area contributed by atoms with Crippen LogP contribution in [0.5, 0.6) is 0 Å². The van der Waals surface area contributed by atoms with Crippen molar-refractivity contribution in [1.29, 1.82) is 0 Å². The van der Waals surface area contributed by atoms with Gasteiger partial charge in [-0.2, -0.15) is 0 Å². The fourth-order valence-electron chi connectivity index (χ4n) is 1.66. The van der Waals surface area contributed by atoms with E-state index in [9.17, 15) is 19.7 Å². The zero-order valence-electron chi connectivity index (χ0n) is 11.0. The van der Waals surface area contributed by atoms with E-state index in [-0.39, 0.29) is 17.7 Å². The molecule has 108 valence electrons. The van der Waals surface area contributed by atoms with Gasteiger partial charge < -0.3 is 15.2 Å². The molecular weight excluding hydrogens is 268 g/mol. The average molecular weight is 282 g/mol. The fourth-order valence-corrected chi connectivity index (χ4v) is 1.66. The van der Waals surface area contributed by atoms with Crippen LogP contribution in [-0.4, -0.2) is 35.1 Å². The van der Waals surface area contributed by atoms with Crippen LogP contribution in [0, 0.1) is 10.1 Å². The molecule has 8 nitrogen and oxygen atoms in total. The van der Waals surface area contributed by atoms with Gasteiger partial charge in [-0.25, -0.2) is 4.79 Å². The summed E-state index contributed by atoms with van der Waals surface area (Å²) in [7, 11) is 1.23. The summed E-state index contributed by atoms with van der Waals surface area (Å²) in [5.74, 6) is -1.90. The number of carboxylic acids is 1. The summed E-state index contributed by atoms with van der Waals surface area (Å²) in [6.07, 6.45) is 0. The quantitative estimate of drug-likeness (QED) is 0.452. The number of esters is 1. The normalized spacial score (nSPS) is 11.7. The molecule has 0 saturated heterocycles. The van der Waals surface area contributed by atoms with Gasteiger partial charge in [0.25, 0.3) is 5.69 Å². The lowest BCUT2D eigenvalue weighted by Gasteiger charge is -2.12. The molecule has 1 unspecified atom stereocenters. The maximum absolute atomic E-state index is 11.2. The number of aromatic carboxylic acids is 1. The zero-order valence-corrected chi connectivity index (χ0v) is 11.0. The van der Waals surface area contributed by atoms with E-state index in [1.165, 1.54) is 19.2 Å². The van der Waals surface area contributed by atoms with Gasteiger partial charge in [-0.1, -0.05) is 12.1 Å². The molecule has 0 aliphatic carbocycles. The van der Waals surface area contributed by atoms with Gasteiger partial charge in [0.1, 0.15) is 11.6 Å². The molecule has 20 heavy (non-hydrogen) atoms. The van der Waals surface area contributed by atoms with Crippen LogP contribution in [0.25, 0.3) is 0 Å². The van der Waals surface area contributed by atoms with Crippen molar-refractivity contribution in [3.63, 3.8) is 0 Å².